The number of rotatable bonds is 6. The number of piperidine rings is 1. The minimum atomic E-state index is -0.261. The zero-order valence-electron chi connectivity index (χ0n) is 16.3. The van der Waals surface area contributed by atoms with Gasteiger partial charge in [-0.1, -0.05) is 48.0 Å². The fraction of sp³-hybridized carbons (Fsp3) is 0.579. The van der Waals surface area contributed by atoms with E-state index in [0.717, 1.165) is 42.9 Å². The first-order valence-electron chi connectivity index (χ1n) is 9.04. The summed E-state index contributed by atoms with van der Waals surface area (Å²) in [5.74, 6) is 0.557. The van der Waals surface area contributed by atoms with Gasteiger partial charge in [-0.2, -0.15) is 0 Å². The lowest BCUT2D eigenvalue weighted by Gasteiger charge is -2.33. The first-order chi connectivity index (χ1) is 12.3. The molecule has 1 aliphatic rings. The topological polar surface area (TPSA) is 82.8 Å². The van der Waals surface area contributed by atoms with Gasteiger partial charge in [0.15, 0.2) is 5.96 Å². The van der Waals surface area contributed by atoms with Gasteiger partial charge in [0, 0.05) is 42.6 Å². The van der Waals surface area contributed by atoms with Crippen molar-refractivity contribution in [2.75, 3.05) is 33.2 Å². The lowest BCUT2D eigenvalue weighted by Crippen LogP contribution is -2.51. The maximum absolute atomic E-state index is 11.0. The van der Waals surface area contributed by atoms with Gasteiger partial charge in [-0.25, -0.2) is 0 Å². The van der Waals surface area contributed by atoms with E-state index in [0.29, 0.717) is 12.6 Å². The monoisotopic (exact) mass is 551 g/mol. The van der Waals surface area contributed by atoms with Crippen LogP contribution in [-0.4, -0.2) is 56.0 Å². The van der Waals surface area contributed by atoms with E-state index in [-0.39, 0.29) is 35.3 Å². The first kappa shape index (κ1) is 24.2. The van der Waals surface area contributed by atoms with Gasteiger partial charge in [0.05, 0.1) is 6.54 Å². The van der Waals surface area contributed by atoms with Crippen molar-refractivity contribution in [2.24, 2.45) is 10.7 Å². The number of nitrogens with one attached hydrogen (secondary N) is 2. The number of halogens is 2. The SMILES string of the molecule is CN=C(NCC(C)(C)c1ccccc1Br)NC1CCN(CC(N)=O)CC1.I. The van der Waals surface area contributed by atoms with Crippen LogP contribution in [0.15, 0.2) is 33.7 Å². The molecule has 0 atom stereocenters. The van der Waals surface area contributed by atoms with Crippen LogP contribution < -0.4 is 16.4 Å². The fourth-order valence-electron chi connectivity index (χ4n) is 3.25. The normalized spacial score (nSPS) is 16.5. The number of hydrogen-bond donors (Lipinski definition) is 3. The van der Waals surface area contributed by atoms with E-state index >= 15 is 0 Å². The summed E-state index contributed by atoms with van der Waals surface area (Å²) in [6.07, 6.45) is 1.95. The molecule has 1 heterocycles. The second kappa shape index (κ2) is 11.2. The van der Waals surface area contributed by atoms with Gasteiger partial charge in [0.25, 0.3) is 0 Å². The van der Waals surface area contributed by atoms with Crippen molar-refractivity contribution in [3.05, 3.63) is 34.3 Å². The molecule has 0 aliphatic carbocycles. The number of carbonyl (C=O) groups is 1. The summed E-state index contributed by atoms with van der Waals surface area (Å²) in [7, 11) is 1.79. The average molecular weight is 552 g/mol. The zero-order chi connectivity index (χ0) is 19.2. The Bertz CT molecular complexity index is 645. The molecule has 1 saturated heterocycles. The van der Waals surface area contributed by atoms with Gasteiger partial charge in [-0.15, -0.1) is 24.0 Å². The van der Waals surface area contributed by atoms with Gasteiger partial charge in [0.2, 0.25) is 5.91 Å². The Labute approximate surface area is 187 Å². The Morgan fingerprint density at radius 3 is 2.52 bits per heavy atom. The molecule has 8 heteroatoms. The molecule has 0 radical (unpaired) electrons. The summed E-state index contributed by atoms with van der Waals surface area (Å²) in [4.78, 5) is 17.5. The molecule has 0 spiro atoms. The molecule has 0 aromatic heterocycles. The number of guanidine groups is 1. The first-order valence-corrected chi connectivity index (χ1v) is 9.84. The summed E-state index contributed by atoms with van der Waals surface area (Å²) in [6, 6.07) is 8.68. The van der Waals surface area contributed by atoms with E-state index in [1.165, 1.54) is 5.56 Å². The van der Waals surface area contributed by atoms with Gasteiger partial charge in [-0.3, -0.25) is 14.7 Å². The zero-order valence-corrected chi connectivity index (χ0v) is 20.2. The van der Waals surface area contributed by atoms with Crippen molar-refractivity contribution in [1.29, 1.82) is 0 Å². The molecule has 0 bridgehead atoms. The number of nitrogens with zero attached hydrogens (tertiary/aromatic N) is 2. The highest BCUT2D eigenvalue weighted by atomic mass is 127. The maximum atomic E-state index is 11.0. The van der Waals surface area contributed by atoms with Gasteiger partial charge in [-0.05, 0) is 24.5 Å². The van der Waals surface area contributed by atoms with Crippen LogP contribution >= 0.6 is 39.9 Å². The molecule has 0 saturated carbocycles. The molecular formula is C19H31BrIN5O. The number of nitrogens with two attached hydrogens (primary N) is 1. The minimum Gasteiger partial charge on any atom is -0.369 e. The van der Waals surface area contributed by atoms with E-state index in [1.54, 1.807) is 7.05 Å². The molecule has 1 aliphatic heterocycles. The largest absolute Gasteiger partial charge is 0.369 e. The summed E-state index contributed by atoms with van der Waals surface area (Å²) in [5, 5.41) is 6.96. The molecule has 1 aromatic rings. The summed E-state index contributed by atoms with van der Waals surface area (Å²) < 4.78 is 1.12. The van der Waals surface area contributed by atoms with E-state index in [9.17, 15) is 4.79 Å². The maximum Gasteiger partial charge on any atom is 0.231 e. The van der Waals surface area contributed by atoms with E-state index in [4.69, 9.17) is 5.73 Å². The standard InChI is InChI=1S/C19H30BrN5O.HI/c1-19(2,15-6-4-5-7-16(15)20)13-23-18(22-3)24-14-8-10-25(11-9-14)12-17(21)26;/h4-7,14H,8-13H2,1-3H3,(H2,21,26)(H2,22,23,24);1H. The van der Waals surface area contributed by atoms with Crippen LogP contribution in [0.1, 0.15) is 32.3 Å². The molecule has 2 rings (SSSR count). The van der Waals surface area contributed by atoms with Crippen LogP contribution in [0.25, 0.3) is 0 Å². The van der Waals surface area contributed by atoms with Crippen molar-refractivity contribution in [3.8, 4) is 0 Å². The molecule has 1 amide bonds. The summed E-state index contributed by atoms with van der Waals surface area (Å²) in [5.41, 5.74) is 6.50. The molecule has 152 valence electrons. The fourth-order valence-corrected chi connectivity index (χ4v) is 4.08. The second-order valence-corrected chi connectivity index (χ2v) is 8.30. The molecule has 27 heavy (non-hydrogen) atoms. The number of aliphatic imine (C=N–C) groups is 1. The van der Waals surface area contributed by atoms with Crippen molar-refractivity contribution in [1.82, 2.24) is 15.5 Å². The Kier molecular flexibility index (Phi) is 10.0. The molecular weight excluding hydrogens is 521 g/mol. The van der Waals surface area contributed by atoms with Crippen molar-refractivity contribution in [2.45, 2.75) is 38.1 Å². The third-order valence-electron chi connectivity index (χ3n) is 4.83. The Morgan fingerprint density at radius 1 is 1.33 bits per heavy atom. The lowest BCUT2D eigenvalue weighted by molar-refractivity contribution is -0.119. The quantitative estimate of drug-likeness (QED) is 0.288. The minimum absolute atomic E-state index is 0. The van der Waals surface area contributed by atoms with Crippen molar-refractivity contribution < 1.29 is 4.79 Å². The third-order valence-corrected chi connectivity index (χ3v) is 5.52. The van der Waals surface area contributed by atoms with Crippen LogP contribution in [0.4, 0.5) is 0 Å². The molecule has 1 fully saturated rings. The smallest absolute Gasteiger partial charge is 0.231 e. The predicted octanol–water partition coefficient (Wildman–Crippen LogP) is 2.46. The van der Waals surface area contributed by atoms with E-state index in [1.807, 2.05) is 6.07 Å². The average Bonchev–Trinajstić information content (AvgIpc) is 2.60. The highest BCUT2D eigenvalue weighted by Gasteiger charge is 2.24. The summed E-state index contributed by atoms with van der Waals surface area (Å²) >= 11 is 3.65. The number of carbonyl (C=O) groups excluding carboxylic acids is 1. The number of likely N-dealkylation sites (tertiary alicyclic amines) is 1. The number of primary amides is 1. The van der Waals surface area contributed by atoms with Crippen LogP contribution in [0.5, 0.6) is 0 Å². The van der Waals surface area contributed by atoms with E-state index in [2.05, 4.69) is 68.5 Å². The van der Waals surface area contributed by atoms with Crippen molar-refractivity contribution in [3.63, 3.8) is 0 Å². The molecule has 4 N–H and O–H groups in total. The highest BCUT2D eigenvalue weighted by Crippen LogP contribution is 2.29. The van der Waals surface area contributed by atoms with Gasteiger partial charge in [0.1, 0.15) is 0 Å². The van der Waals surface area contributed by atoms with Crippen LogP contribution in [0.3, 0.4) is 0 Å². The Balaban J connectivity index is 0.00000364. The van der Waals surface area contributed by atoms with Gasteiger partial charge < -0.3 is 16.4 Å². The Hall–Kier alpha value is -0.870. The van der Waals surface area contributed by atoms with Crippen LogP contribution in [0, 0.1) is 0 Å². The predicted molar refractivity (Wildman–Crippen MR) is 126 cm³/mol. The number of benzene rings is 1. The van der Waals surface area contributed by atoms with Crippen LogP contribution in [0.2, 0.25) is 0 Å². The molecule has 6 nitrogen and oxygen atoms in total. The van der Waals surface area contributed by atoms with E-state index < -0.39 is 0 Å². The van der Waals surface area contributed by atoms with Gasteiger partial charge >= 0.3 is 0 Å². The third kappa shape index (κ3) is 7.57. The summed E-state index contributed by atoms with van der Waals surface area (Å²) in [6.45, 7) is 7.31. The Morgan fingerprint density at radius 2 is 1.96 bits per heavy atom. The molecule has 0 unspecified atom stereocenters. The van der Waals surface area contributed by atoms with Crippen LogP contribution in [-0.2, 0) is 10.2 Å². The van der Waals surface area contributed by atoms with Crippen molar-refractivity contribution >= 4 is 51.8 Å². The second-order valence-electron chi connectivity index (χ2n) is 7.45. The highest BCUT2D eigenvalue weighted by molar-refractivity contribution is 14.0. The number of hydrogen-bond acceptors (Lipinski definition) is 3. The lowest BCUT2D eigenvalue weighted by atomic mass is 9.84. The molecule has 1 aromatic carbocycles. The number of amides is 1.